The molecular weight excluding hydrogens is 311 g/mol. The zero-order chi connectivity index (χ0) is 17.5. The molecule has 122 valence electrons. The fraction of sp³-hybridized carbons (Fsp3) is 0.167. The third-order valence-electron chi connectivity index (χ3n) is 3.42. The number of methoxy groups -OCH3 is 1. The number of ether oxygens (including phenoxy) is 1. The first kappa shape index (κ1) is 17.2. The summed E-state index contributed by atoms with van der Waals surface area (Å²) in [6.07, 6.45) is 0.176. The van der Waals surface area contributed by atoms with Crippen molar-refractivity contribution in [2.24, 2.45) is 0 Å². The first-order chi connectivity index (χ1) is 11.5. The molecule has 24 heavy (non-hydrogen) atoms. The van der Waals surface area contributed by atoms with Crippen LogP contribution in [-0.2, 0) is 16.0 Å². The van der Waals surface area contributed by atoms with Gasteiger partial charge in [-0.05, 0) is 42.0 Å². The molecule has 0 fully saturated rings. The lowest BCUT2D eigenvalue weighted by Crippen LogP contribution is -2.43. The van der Waals surface area contributed by atoms with Crippen molar-refractivity contribution in [3.05, 3.63) is 71.0 Å². The topological polar surface area (TPSA) is 79.2 Å². The summed E-state index contributed by atoms with van der Waals surface area (Å²) in [5, 5.41) is 11.4. The van der Waals surface area contributed by atoms with E-state index >= 15 is 0 Å². The number of nitrogens with one attached hydrogen (secondary N) is 1. The highest BCUT2D eigenvalue weighted by atomic mass is 19.1. The van der Waals surface area contributed by atoms with Gasteiger partial charge in [-0.1, -0.05) is 12.1 Å². The summed E-state index contributed by atoms with van der Waals surface area (Å²) < 4.78 is 17.7. The van der Waals surface area contributed by atoms with Crippen LogP contribution in [0.2, 0.25) is 0 Å². The Kier molecular flexibility index (Phi) is 5.63. The van der Waals surface area contributed by atoms with Crippen LogP contribution in [0.15, 0.2) is 48.5 Å². The number of benzene rings is 2. The number of hydrogen-bond acceptors (Lipinski definition) is 4. The van der Waals surface area contributed by atoms with Gasteiger partial charge in [-0.2, -0.15) is 5.26 Å². The Morgan fingerprint density at radius 1 is 1.17 bits per heavy atom. The molecule has 0 aliphatic heterocycles. The maximum absolute atomic E-state index is 13.0. The molecule has 5 nitrogen and oxygen atoms in total. The quantitative estimate of drug-likeness (QED) is 0.855. The number of nitriles is 1. The fourth-order valence-electron chi connectivity index (χ4n) is 2.13. The van der Waals surface area contributed by atoms with Gasteiger partial charge in [0, 0.05) is 12.0 Å². The molecule has 0 saturated heterocycles. The van der Waals surface area contributed by atoms with Crippen LogP contribution in [0, 0.1) is 17.1 Å². The molecule has 0 unspecified atom stereocenters. The van der Waals surface area contributed by atoms with Crippen LogP contribution in [0.25, 0.3) is 0 Å². The van der Waals surface area contributed by atoms with Crippen molar-refractivity contribution in [2.75, 3.05) is 7.11 Å². The third kappa shape index (κ3) is 4.40. The summed E-state index contributed by atoms with van der Waals surface area (Å²) in [4.78, 5) is 24.2. The monoisotopic (exact) mass is 326 g/mol. The van der Waals surface area contributed by atoms with Crippen molar-refractivity contribution < 1.29 is 18.7 Å². The lowest BCUT2D eigenvalue weighted by Gasteiger charge is -2.16. The second kappa shape index (κ2) is 7.88. The molecule has 0 aromatic heterocycles. The molecule has 1 N–H and O–H groups in total. The van der Waals surface area contributed by atoms with Crippen LogP contribution < -0.4 is 5.32 Å². The summed E-state index contributed by atoms with van der Waals surface area (Å²) >= 11 is 0. The minimum absolute atomic E-state index is 0.176. The van der Waals surface area contributed by atoms with Gasteiger partial charge in [0.1, 0.15) is 11.9 Å². The molecule has 1 atom stereocenters. The minimum atomic E-state index is -0.899. The Bertz CT molecular complexity index is 764. The van der Waals surface area contributed by atoms with Crippen LogP contribution in [-0.4, -0.2) is 25.0 Å². The van der Waals surface area contributed by atoms with Gasteiger partial charge in [-0.3, -0.25) is 4.79 Å². The largest absolute Gasteiger partial charge is 0.467 e. The Morgan fingerprint density at radius 2 is 1.79 bits per heavy atom. The molecule has 0 heterocycles. The first-order valence-corrected chi connectivity index (χ1v) is 7.17. The molecule has 1 amide bonds. The Balaban J connectivity index is 2.12. The van der Waals surface area contributed by atoms with E-state index in [1.165, 1.54) is 43.5 Å². The van der Waals surface area contributed by atoms with Gasteiger partial charge in [0.2, 0.25) is 0 Å². The number of rotatable bonds is 5. The van der Waals surface area contributed by atoms with Crippen LogP contribution >= 0.6 is 0 Å². The highest BCUT2D eigenvalue weighted by Crippen LogP contribution is 2.09. The number of carbonyl (C=O) groups excluding carboxylic acids is 2. The number of esters is 1. The van der Waals surface area contributed by atoms with Gasteiger partial charge in [-0.15, -0.1) is 0 Å². The molecule has 0 bridgehead atoms. The zero-order valence-corrected chi connectivity index (χ0v) is 13.0. The lowest BCUT2D eigenvalue weighted by atomic mass is 10.0. The van der Waals surface area contributed by atoms with E-state index in [0.29, 0.717) is 16.7 Å². The van der Waals surface area contributed by atoms with Crippen LogP contribution in [0.5, 0.6) is 0 Å². The minimum Gasteiger partial charge on any atom is -0.467 e. The molecule has 2 aromatic rings. The van der Waals surface area contributed by atoms with Gasteiger partial charge in [-0.25, -0.2) is 9.18 Å². The van der Waals surface area contributed by atoms with Gasteiger partial charge >= 0.3 is 5.97 Å². The van der Waals surface area contributed by atoms with Gasteiger partial charge < -0.3 is 10.1 Å². The van der Waals surface area contributed by atoms with Crippen molar-refractivity contribution in [1.82, 2.24) is 5.32 Å². The van der Waals surface area contributed by atoms with E-state index in [-0.39, 0.29) is 12.2 Å². The highest BCUT2D eigenvalue weighted by molar-refractivity contribution is 5.96. The van der Waals surface area contributed by atoms with E-state index in [1.54, 1.807) is 12.1 Å². The van der Waals surface area contributed by atoms with E-state index < -0.39 is 17.9 Å². The summed E-state index contributed by atoms with van der Waals surface area (Å²) in [7, 11) is 1.23. The standard InChI is InChI=1S/C18H15FN2O3/c1-24-18(23)16(10-12-4-8-15(19)9-5-12)21-17(22)14-6-2-13(11-20)3-7-14/h2-9,16H,10H2,1H3,(H,21,22)/t16-/m0/s1. The van der Waals surface area contributed by atoms with Crippen LogP contribution in [0.4, 0.5) is 4.39 Å². The van der Waals surface area contributed by atoms with E-state index in [4.69, 9.17) is 10.00 Å². The predicted octanol–water partition coefficient (Wildman–Crippen LogP) is 2.21. The zero-order valence-electron chi connectivity index (χ0n) is 13.0. The van der Waals surface area contributed by atoms with Crippen molar-refractivity contribution in [3.8, 4) is 6.07 Å². The number of halogens is 1. The van der Waals surface area contributed by atoms with Crippen LogP contribution in [0.3, 0.4) is 0 Å². The smallest absolute Gasteiger partial charge is 0.328 e. The molecule has 0 spiro atoms. The number of amides is 1. The number of hydrogen-bond donors (Lipinski definition) is 1. The summed E-state index contributed by atoms with van der Waals surface area (Å²) in [6.45, 7) is 0. The van der Waals surface area contributed by atoms with Gasteiger partial charge in [0.15, 0.2) is 0 Å². The normalized spacial score (nSPS) is 11.2. The summed E-state index contributed by atoms with van der Waals surface area (Å²) in [5.41, 5.74) is 1.44. The second-order valence-electron chi connectivity index (χ2n) is 5.07. The van der Waals surface area contributed by atoms with E-state index in [1.807, 2.05) is 6.07 Å². The molecule has 0 radical (unpaired) electrons. The average Bonchev–Trinajstić information content (AvgIpc) is 2.62. The third-order valence-corrected chi connectivity index (χ3v) is 3.42. The molecule has 6 heteroatoms. The maximum Gasteiger partial charge on any atom is 0.328 e. The average molecular weight is 326 g/mol. The van der Waals surface area contributed by atoms with Crippen molar-refractivity contribution in [2.45, 2.75) is 12.5 Å². The predicted molar refractivity (Wildman–Crippen MR) is 84.5 cm³/mol. The molecule has 2 aromatic carbocycles. The highest BCUT2D eigenvalue weighted by Gasteiger charge is 2.22. The van der Waals surface area contributed by atoms with Crippen molar-refractivity contribution in [3.63, 3.8) is 0 Å². The fourth-order valence-corrected chi connectivity index (χ4v) is 2.13. The molecule has 0 aliphatic carbocycles. The van der Waals surface area contributed by atoms with Crippen molar-refractivity contribution in [1.29, 1.82) is 5.26 Å². The Morgan fingerprint density at radius 3 is 2.33 bits per heavy atom. The van der Waals surface area contributed by atoms with Gasteiger partial charge in [0.05, 0.1) is 18.7 Å². The molecule has 2 rings (SSSR count). The first-order valence-electron chi connectivity index (χ1n) is 7.17. The number of carbonyl (C=O) groups is 2. The van der Waals surface area contributed by atoms with E-state index in [0.717, 1.165) is 0 Å². The maximum atomic E-state index is 13.0. The van der Waals surface area contributed by atoms with E-state index in [9.17, 15) is 14.0 Å². The molecule has 0 aliphatic rings. The summed E-state index contributed by atoms with van der Waals surface area (Å²) in [5.74, 6) is -1.44. The van der Waals surface area contributed by atoms with Gasteiger partial charge in [0.25, 0.3) is 5.91 Å². The SMILES string of the molecule is COC(=O)[C@H](Cc1ccc(F)cc1)NC(=O)c1ccc(C#N)cc1. The lowest BCUT2D eigenvalue weighted by molar-refractivity contribution is -0.142. The Hall–Kier alpha value is -3.20. The van der Waals surface area contributed by atoms with E-state index in [2.05, 4.69) is 5.32 Å². The Labute approximate surface area is 138 Å². The molecule has 0 saturated carbocycles. The molecular formula is C18H15FN2O3. The number of nitrogens with zero attached hydrogens (tertiary/aromatic N) is 1. The van der Waals surface area contributed by atoms with Crippen molar-refractivity contribution >= 4 is 11.9 Å². The summed E-state index contributed by atoms with van der Waals surface area (Å²) in [6, 6.07) is 12.7. The van der Waals surface area contributed by atoms with Crippen LogP contribution in [0.1, 0.15) is 21.5 Å². The second-order valence-corrected chi connectivity index (χ2v) is 5.07.